The molecular weight excluding hydrogens is 348 g/mol. The lowest BCUT2D eigenvalue weighted by Gasteiger charge is -2.28. The van der Waals surface area contributed by atoms with Crippen LogP contribution in [0, 0.1) is 0 Å². The maximum atomic E-state index is 12.7. The van der Waals surface area contributed by atoms with E-state index in [4.69, 9.17) is 0 Å². The number of amides is 3. The van der Waals surface area contributed by atoms with Gasteiger partial charge in [0.25, 0.3) is 0 Å². The molecule has 26 heavy (non-hydrogen) atoms. The molecule has 0 aliphatic carbocycles. The average molecular weight is 370 g/mol. The average Bonchev–Trinajstić information content (AvgIpc) is 2.69. The summed E-state index contributed by atoms with van der Waals surface area (Å²) >= 11 is 1.84. The van der Waals surface area contributed by atoms with E-state index in [1.807, 2.05) is 42.1 Å². The van der Waals surface area contributed by atoms with Crippen molar-refractivity contribution in [3.05, 3.63) is 60.3 Å². The number of aromatic nitrogens is 1. The molecule has 2 heterocycles. The van der Waals surface area contributed by atoms with Gasteiger partial charge >= 0.3 is 6.03 Å². The van der Waals surface area contributed by atoms with Crippen LogP contribution in [0.2, 0.25) is 0 Å². The van der Waals surface area contributed by atoms with Gasteiger partial charge in [-0.15, -0.1) is 0 Å². The van der Waals surface area contributed by atoms with Crippen molar-refractivity contribution < 1.29 is 9.59 Å². The molecule has 0 saturated carbocycles. The predicted octanol–water partition coefficient (Wildman–Crippen LogP) is 2.39. The topological polar surface area (TPSA) is 74.3 Å². The van der Waals surface area contributed by atoms with E-state index in [0.717, 1.165) is 17.1 Å². The molecule has 6 nitrogen and oxygen atoms in total. The summed E-state index contributed by atoms with van der Waals surface area (Å²) in [6.45, 7) is 1.41. The van der Waals surface area contributed by atoms with Gasteiger partial charge in [-0.3, -0.25) is 4.79 Å². The first-order valence-electron chi connectivity index (χ1n) is 8.61. The molecular formula is C19H22N4O2S. The lowest BCUT2D eigenvalue weighted by atomic mass is 10.1. The summed E-state index contributed by atoms with van der Waals surface area (Å²) in [4.78, 5) is 31.2. The minimum atomic E-state index is -0.665. The Bertz CT molecular complexity index is 721. The zero-order chi connectivity index (χ0) is 18.2. The summed E-state index contributed by atoms with van der Waals surface area (Å²) in [5.74, 6) is 2.06. The van der Waals surface area contributed by atoms with Gasteiger partial charge in [0.05, 0.1) is 0 Å². The number of nitrogens with zero attached hydrogens (tertiary/aromatic N) is 2. The minimum absolute atomic E-state index is 0.192. The van der Waals surface area contributed by atoms with Gasteiger partial charge < -0.3 is 15.5 Å². The highest BCUT2D eigenvalue weighted by atomic mass is 32.2. The molecule has 2 aromatic rings. The Kier molecular flexibility index (Phi) is 6.49. The minimum Gasteiger partial charge on any atom is -0.326 e. The van der Waals surface area contributed by atoms with Gasteiger partial charge in [0.2, 0.25) is 5.91 Å². The summed E-state index contributed by atoms with van der Waals surface area (Å²) < 4.78 is 0. The molecule has 1 aromatic heterocycles. The Morgan fingerprint density at radius 2 is 1.81 bits per heavy atom. The highest BCUT2D eigenvalue weighted by Gasteiger charge is 2.25. The van der Waals surface area contributed by atoms with Crippen molar-refractivity contribution >= 4 is 29.5 Å². The number of rotatable bonds is 5. The fourth-order valence-corrected chi connectivity index (χ4v) is 3.62. The van der Waals surface area contributed by atoms with E-state index >= 15 is 0 Å². The van der Waals surface area contributed by atoms with E-state index in [-0.39, 0.29) is 11.9 Å². The van der Waals surface area contributed by atoms with Gasteiger partial charge in [-0.1, -0.05) is 36.4 Å². The number of thioether (sulfide) groups is 1. The largest absolute Gasteiger partial charge is 0.326 e. The molecule has 0 radical (unpaired) electrons. The number of hydrogen-bond donors (Lipinski definition) is 2. The third-order valence-corrected chi connectivity index (χ3v) is 5.05. The van der Waals surface area contributed by atoms with E-state index in [9.17, 15) is 9.59 Å². The molecule has 1 aromatic carbocycles. The van der Waals surface area contributed by atoms with Crippen LogP contribution < -0.4 is 10.6 Å². The molecule has 0 bridgehead atoms. The fraction of sp³-hybridized carbons (Fsp3) is 0.316. The smallest absolute Gasteiger partial charge is 0.318 e. The molecule has 1 atom stereocenters. The van der Waals surface area contributed by atoms with E-state index in [1.54, 1.807) is 29.3 Å². The first-order valence-corrected chi connectivity index (χ1v) is 9.77. The number of urea groups is 1. The second kappa shape index (κ2) is 9.24. The Morgan fingerprint density at radius 3 is 2.50 bits per heavy atom. The van der Waals surface area contributed by atoms with Crippen molar-refractivity contribution in [3.8, 4) is 0 Å². The number of pyridine rings is 1. The SMILES string of the molecule is O=C(Nc1ccccn1)C(Cc1ccccc1)NC(=O)N1CCSCC1. The lowest BCUT2D eigenvalue weighted by molar-refractivity contribution is -0.118. The molecule has 2 N–H and O–H groups in total. The third-order valence-electron chi connectivity index (χ3n) is 4.11. The zero-order valence-electron chi connectivity index (χ0n) is 14.4. The molecule has 1 saturated heterocycles. The predicted molar refractivity (Wildman–Crippen MR) is 104 cm³/mol. The number of nitrogens with one attached hydrogen (secondary N) is 2. The molecule has 3 rings (SSSR count). The van der Waals surface area contributed by atoms with Crippen molar-refractivity contribution in [2.45, 2.75) is 12.5 Å². The summed E-state index contributed by atoms with van der Waals surface area (Å²) in [6.07, 6.45) is 2.04. The normalized spacial score (nSPS) is 15.2. The maximum Gasteiger partial charge on any atom is 0.318 e. The van der Waals surface area contributed by atoms with Gasteiger partial charge in [-0.05, 0) is 17.7 Å². The van der Waals surface area contributed by atoms with Crippen molar-refractivity contribution in [2.75, 3.05) is 29.9 Å². The number of carbonyl (C=O) groups excluding carboxylic acids is 2. The second-order valence-corrected chi connectivity index (χ2v) is 7.22. The Labute approximate surface area is 157 Å². The van der Waals surface area contributed by atoms with Crippen LogP contribution in [-0.4, -0.2) is 52.5 Å². The van der Waals surface area contributed by atoms with Crippen molar-refractivity contribution in [2.24, 2.45) is 0 Å². The van der Waals surface area contributed by atoms with Gasteiger partial charge in [0.15, 0.2) is 0 Å². The summed E-state index contributed by atoms with van der Waals surface area (Å²) in [6, 6.07) is 14.1. The second-order valence-electron chi connectivity index (χ2n) is 6.00. The highest BCUT2D eigenvalue weighted by molar-refractivity contribution is 7.99. The number of benzene rings is 1. The molecule has 3 amide bonds. The highest BCUT2D eigenvalue weighted by Crippen LogP contribution is 2.11. The van der Waals surface area contributed by atoms with Crippen LogP contribution >= 0.6 is 11.8 Å². The molecule has 1 unspecified atom stereocenters. The first-order chi connectivity index (χ1) is 12.7. The quantitative estimate of drug-likeness (QED) is 0.848. The van der Waals surface area contributed by atoms with E-state index < -0.39 is 6.04 Å². The van der Waals surface area contributed by atoms with Crippen LogP contribution in [0.1, 0.15) is 5.56 Å². The van der Waals surface area contributed by atoms with E-state index in [2.05, 4.69) is 15.6 Å². The van der Waals surface area contributed by atoms with Crippen molar-refractivity contribution in [3.63, 3.8) is 0 Å². The molecule has 1 aliphatic rings. The number of anilines is 1. The zero-order valence-corrected chi connectivity index (χ0v) is 15.2. The first kappa shape index (κ1) is 18.3. The lowest BCUT2D eigenvalue weighted by Crippen LogP contribution is -2.52. The van der Waals surface area contributed by atoms with Crippen molar-refractivity contribution in [1.82, 2.24) is 15.2 Å². The number of carbonyl (C=O) groups is 2. The molecule has 0 spiro atoms. The van der Waals surface area contributed by atoms with Crippen LogP contribution in [0.3, 0.4) is 0 Å². The third kappa shape index (κ3) is 5.23. The maximum absolute atomic E-state index is 12.7. The van der Waals surface area contributed by atoms with Gasteiger partial charge in [0, 0.05) is 37.2 Å². The van der Waals surface area contributed by atoms with E-state index in [1.165, 1.54) is 0 Å². The van der Waals surface area contributed by atoms with Gasteiger partial charge in [0.1, 0.15) is 11.9 Å². The molecule has 7 heteroatoms. The number of hydrogen-bond acceptors (Lipinski definition) is 4. The summed E-state index contributed by atoms with van der Waals surface area (Å²) in [7, 11) is 0. The molecule has 1 fully saturated rings. The Hall–Kier alpha value is -2.54. The fourth-order valence-electron chi connectivity index (χ4n) is 2.72. The summed E-state index contributed by atoms with van der Waals surface area (Å²) in [5, 5.41) is 5.68. The van der Waals surface area contributed by atoms with Crippen LogP contribution in [0.15, 0.2) is 54.7 Å². The van der Waals surface area contributed by atoms with Crippen LogP contribution in [-0.2, 0) is 11.2 Å². The summed E-state index contributed by atoms with van der Waals surface area (Å²) in [5.41, 5.74) is 0.989. The van der Waals surface area contributed by atoms with Crippen LogP contribution in [0.25, 0.3) is 0 Å². The van der Waals surface area contributed by atoms with Gasteiger partial charge in [-0.2, -0.15) is 11.8 Å². The van der Waals surface area contributed by atoms with Gasteiger partial charge in [-0.25, -0.2) is 9.78 Å². The van der Waals surface area contributed by atoms with E-state index in [0.29, 0.717) is 25.3 Å². The standard InChI is InChI=1S/C19H22N4O2S/c24-18(22-17-8-4-5-9-20-17)16(14-15-6-2-1-3-7-15)21-19(25)23-10-12-26-13-11-23/h1-9,16H,10-14H2,(H,21,25)(H,20,22,24). The Balaban J connectivity index is 1.70. The van der Waals surface area contributed by atoms with Crippen molar-refractivity contribution in [1.29, 1.82) is 0 Å². The molecule has 136 valence electrons. The van der Waals surface area contributed by atoms with Crippen LogP contribution in [0.5, 0.6) is 0 Å². The van der Waals surface area contributed by atoms with Crippen LogP contribution in [0.4, 0.5) is 10.6 Å². The molecule has 1 aliphatic heterocycles. The monoisotopic (exact) mass is 370 g/mol. The Morgan fingerprint density at radius 1 is 1.08 bits per heavy atom.